The van der Waals surface area contributed by atoms with Crippen LogP contribution >= 0.6 is 11.6 Å². The normalized spacial score (nSPS) is 12.2. The molecule has 4 heteroatoms. The molecule has 0 aliphatic heterocycles. The predicted octanol–water partition coefficient (Wildman–Crippen LogP) is 4.94. The fourth-order valence-electron chi connectivity index (χ4n) is 2.04. The molecule has 2 nitrogen and oxygen atoms in total. The summed E-state index contributed by atoms with van der Waals surface area (Å²) in [6.45, 7) is 4.78. The van der Waals surface area contributed by atoms with Crippen molar-refractivity contribution in [1.29, 1.82) is 0 Å². The summed E-state index contributed by atoms with van der Waals surface area (Å²) in [7, 11) is 0. The number of hydrogen-bond acceptors (Lipinski definition) is 2. The molecule has 0 fully saturated rings. The van der Waals surface area contributed by atoms with Gasteiger partial charge in [0.2, 0.25) is 0 Å². The van der Waals surface area contributed by atoms with Gasteiger partial charge in [0.15, 0.2) is 11.6 Å². The van der Waals surface area contributed by atoms with E-state index >= 15 is 0 Å². The lowest BCUT2D eigenvalue weighted by Crippen LogP contribution is -2.18. The maximum absolute atomic E-state index is 14.1. The van der Waals surface area contributed by atoms with Crippen molar-refractivity contribution in [3.05, 3.63) is 58.9 Å². The smallest absolute Gasteiger partial charge is 0.167 e. The van der Waals surface area contributed by atoms with E-state index in [9.17, 15) is 4.39 Å². The molecule has 0 aromatic heterocycles. The molecule has 0 amide bonds. The molecule has 0 aliphatic carbocycles. The molecule has 1 unspecified atom stereocenters. The molecule has 0 aliphatic rings. The lowest BCUT2D eigenvalue weighted by molar-refractivity contribution is 0.426. The van der Waals surface area contributed by atoms with Gasteiger partial charge in [-0.25, -0.2) is 4.39 Å². The number of rotatable bonds is 5. The van der Waals surface area contributed by atoms with E-state index in [1.807, 2.05) is 19.9 Å². The Bertz CT molecular complexity index is 588. The van der Waals surface area contributed by atoms with E-state index in [1.165, 1.54) is 6.07 Å². The van der Waals surface area contributed by atoms with E-state index in [0.717, 1.165) is 12.1 Å². The molecule has 0 heterocycles. The van der Waals surface area contributed by atoms with Gasteiger partial charge < -0.3 is 10.1 Å². The lowest BCUT2D eigenvalue weighted by Gasteiger charge is -2.18. The summed E-state index contributed by atoms with van der Waals surface area (Å²) < 4.78 is 19.7. The minimum Gasteiger partial charge on any atom is -0.454 e. The van der Waals surface area contributed by atoms with Gasteiger partial charge in [-0.2, -0.15) is 0 Å². The summed E-state index contributed by atoms with van der Waals surface area (Å²) in [4.78, 5) is 0. The first-order valence-corrected chi connectivity index (χ1v) is 6.94. The van der Waals surface area contributed by atoms with Crippen LogP contribution in [0.3, 0.4) is 0 Å². The molecule has 1 atom stereocenters. The minimum absolute atomic E-state index is 0.00452. The second-order valence-corrected chi connectivity index (χ2v) is 4.93. The van der Waals surface area contributed by atoms with Gasteiger partial charge in [0.05, 0.1) is 0 Å². The van der Waals surface area contributed by atoms with Crippen molar-refractivity contribution in [3.63, 3.8) is 0 Å². The van der Waals surface area contributed by atoms with Crippen LogP contribution in [-0.2, 0) is 0 Å². The molecule has 106 valence electrons. The van der Waals surface area contributed by atoms with E-state index in [1.54, 1.807) is 30.3 Å². The summed E-state index contributed by atoms with van der Waals surface area (Å²) in [6.07, 6.45) is 0. The SMILES string of the molecule is CCNC(C)c1cccc(F)c1Oc1cccc(Cl)c1. The summed E-state index contributed by atoms with van der Waals surface area (Å²) in [5.41, 5.74) is 0.784. The molecule has 0 spiro atoms. The summed E-state index contributed by atoms with van der Waals surface area (Å²) in [5.74, 6) is 0.378. The third-order valence-electron chi connectivity index (χ3n) is 2.99. The zero-order valence-corrected chi connectivity index (χ0v) is 12.2. The number of para-hydroxylation sites is 1. The largest absolute Gasteiger partial charge is 0.454 e. The highest BCUT2D eigenvalue weighted by Crippen LogP contribution is 2.33. The van der Waals surface area contributed by atoms with Crippen LogP contribution in [0.4, 0.5) is 4.39 Å². The standard InChI is InChI=1S/C16H17ClFNO/c1-3-19-11(2)14-8-5-9-15(18)16(14)20-13-7-4-6-12(17)10-13/h4-11,19H,3H2,1-2H3. The van der Waals surface area contributed by atoms with Crippen molar-refractivity contribution < 1.29 is 9.13 Å². The number of hydrogen-bond donors (Lipinski definition) is 1. The second-order valence-electron chi connectivity index (χ2n) is 4.50. The van der Waals surface area contributed by atoms with Crippen LogP contribution in [0.2, 0.25) is 5.02 Å². The summed E-state index contributed by atoms with van der Waals surface area (Å²) in [6, 6.07) is 11.9. The third kappa shape index (κ3) is 3.50. The Morgan fingerprint density at radius 3 is 2.70 bits per heavy atom. The zero-order valence-electron chi connectivity index (χ0n) is 11.5. The van der Waals surface area contributed by atoms with Crippen molar-refractivity contribution >= 4 is 11.6 Å². The van der Waals surface area contributed by atoms with Gasteiger partial charge in [0.1, 0.15) is 5.75 Å². The van der Waals surface area contributed by atoms with Crippen LogP contribution in [0.5, 0.6) is 11.5 Å². The maximum atomic E-state index is 14.1. The Morgan fingerprint density at radius 2 is 2.00 bits per heavy atom. The minimum atomic E-state index is -0.382. The molecule has 2 aromatic rings. The van der Waals surface area contributed by atoms with Crippen molar-refractivity contribution in [2.24, 2.45) is 0 Å². The van der Waals surface area contributed by atoms with Crippen LogP contribution in [0.25, 0.3) is 0 Å². The van der Waals surface area contributed by atoms with Crippen LogP contribution in [-0.4, -0.2) is 6.54 Å². The highest BCUT2D eigenvalue weighted by atomic mass is 35.5. The highest BCUT2D eigenvalue weighted by molar-refractivity contribution is 6.30. The molecule has 2 aromatic carbocycles. The summed E-state index contributed by atoms with van der Waals surface area (Å²) in [5, 5.41) is 3.81. The number of benzene rings is 2. The van der Waals surface area contributed by atoms with Crippen molar-refractivity contribution in [3.8, 4) is 11.5 Å². The van der Waals surface area contributed by atoms with Gasteiger partial charge in [0, 0.05) is 16.6 Å². The Labute approximate surface area is 123 Å². The van der Waals surface area contributed by atoms with Crippen LogP contribution in [0.15, 0.2) is 42.5 Å². The van der Waals surface area contributed by atoms with Gasteiger partial charge in [-0.15, -0.1) is 0 Å². The topological polar surface area (TPSA) is 21.3 Å². The zero-order chi connectivity index (χ0) is 14.5. The molecule has 0 saturated heterocycles. The number of halogens is 2. The molecule has 2 rings (SSSR count). The lowest BCUT2D eigenvalue weighted by atomic mass is 10.1. The molecule has 0 bridgehead atoms. The van der Waals surface area contributed by atoms with Gasteiger partial charge in [-0.3, -0.25) is 0 Å². The molecule has 1 N–H and O–H groups in total. The first kappa shape index (κ1) is 14.8. The quantitative estimate of drug-likeness (QED) is 0.843. The highest BCUT2D eigenvalue weighted by Gasteiger charge is 2.15. The average molecular weight is 294 g/mol. The second kappa shape index (κ2) is 6.73. The van der Waals surface area contributed by atoms with Crippen molar-refractivity contribution in [1.82, 2.24) is 5.32 Å². The summed E-state index contributed by atoms with van der Waals surface area (Å²) >= 11 is 5.92. The van der Waals surface area contributed by atoms with E-state index < -0.39 is 0 Å². The van der Waals surface area contributed by atoms with Gasteiger partial charge in [-0.1, -0.05) is 36.7 Å². The van der Waals surface area contributed by atoms with Gasteiger partial charge >= 0.3 is 0 Å². The Hall–Kier alpha value is -1.58. The van der Waals surface area contributed by atoms with E-state index in [4.69, 9.17) is 16.3 Å². The van der Waals surface area contributed by atoms with Gasteiger partial charge in [-0.05, 0) is 37.7 Å². The van der Waals surface area contributed by atoms with E-state index in [-0.39, 0.29) is 17.6 Å². The predicted molar refractivity (Wildman–Crippen MR) is 80.0 cm³/mol. The number of nitrogens with one attached hydrogen (secondary N) is 1. The van der Waals surface area contributed by atoms with Crippen LogP contribution < -0.4 is 10.1 Å². The van der Waals surface area contributed by atoms with Crippen LogP contribution in [0, 0.1) is 5.82 Å². The maximum Gasteiger partial charge on any atom is 0.167 e. The first-order chi connectivity index (χ1) is 9.61. The molecule has 0 saturated carbocycles. The molecule has 20 heavy (non-hydrogen) atoms. The molecular formula is C16H17ClFNO. The van der Waals surface area contributed by atoms with E-state index in [0.29, 0.717) is 10.8 Å². The fourth-order valence-corrected chi connectivity index (χ4v) is 2.22. The van der Waals surface area contributed by atoms with Crippen molar-refractivity contribution in [2.45, 2.75) is 19.9 Å². The van der Waals surface area contributed by atoms with Crippen LogP contribution in [0.1, 0.15) is 25.5 Å². The van der Waals surface area contributed by atoms with Gasteiger partial charge in [0.25, 0.3) is 0 Å². The first-order valence-electron chi connectivity index (χ1n) is 6.57. The number of ether oxygens (including phenoxy) is 1. The molecular weight excluding hydrogens is 277 g/mol. The van der Waals surface area contributed by atoms with E-state index in [2.05, 4.69) is 5.32 Å². The van der Waals surface area contributed by atoms with Crippen molar-refractivity contribution in [2.75, 3.05) is 6.54 Å². The Balaban J connectivity index is 2.35. The average Bonchev–Trinajstić information content (AvgIpc) is 2.41. The monoisotopic (exact) mass is 293 g/mol. The fraction of sp³-hybridized carbons (Fsp3) is 0.250. The Morgan fingerprint density at radius 1 is 1.25 bits per heavy atom. The Kier molecular flexibility index (Phi) is 4.99. The molecule has 0 radical (unpaired) electrons. The third-order valence-corrected chi connectivity index (χ3v) is 3.23.